The molecule has 0 spiro atoms. The summed E-state index contributed by atoms with van der Waals surface area (Å²) >= 11 is 0. The van der Waals surface area contributed by atoms with Crippen LogP contribution in [0.5, 0.6) is 5.75 Å². The van der Waals surface area contributed by atoms with Crippen LogP contribution in [-0.2, 0) is 0 Å². The van der Waals surface area contributed by atoms with E-state index in [9.17, 15) is 0 Å². The van der Waals surface area contributed by atoms with Gasteiger partial charge < -0.3 is 20.3 Å². The highest BCUT2D eigenvalue weighted by atomic mass is 16.5. The van der Waals surface area contributed by atoms with E-state index in [1.807, 2.05) is 19.1 Å². The first kappa shape index (κ1) is 14.0. The van der Waals surface area contributed by atoms with Gasteiger partial charge in [0.25, 0.3) is 0 Å². The Morgan fingerprint density at radius 1 is 1.37 bits per heavy atom. The molecule has 106 valence electrons. The summed E-state index contributed by atoms with van der Waals surface area (Å²) in [7, 11) is 2.18. The lowest BCUT2D eigenvalue weighted by atomic mass is 10.2. The second-order valence-electron chi connectivity index (χ2n) is 5.28. The van der Waals surface area contributed by atoms with Gasteiger partial charge in [-0.1, -0.05) is 6.07 Å². The fraction of sp³-hybridized carbons (Fsp3) is 0.600. The Morgan fingerprint density at radius 3 is 2.89 bits per heavy atom. The number of likely N-dealkylation sites (N-methyl/N-ethyl adjacent to an activating group) is 1. The Hall–Kier alpha value is -1.42. The number of anilines is 2. The van der Waals surface area contributed by atoms with Gasteiger partial charge in [-0.15, -0.1) is 0 Å². The molecule has 0 amide bonds. The fourth-order valence-corrected chi connectivity index (χ4v) is 2.79. The minimum absolute atomic E-state index is 0.465. The van der Waals surface area contributed by atoms with Crippen LogP contribution in [-0.4, -0.2) is 44.2 Å². The summed E-state index contributed by atoms with van der Waals surface area (Å²) < 4.78 is 5.59. The molecule has 4 nitrogen and oxygen atoms in total. The SMILES string of the molecule is CCOc1cccc(N2CCCN(C)CC2C)c1N. The van der Waals surface area contributed by atoms with Crippen LogP contribution in [0.1, 0.15) is 20.3 Å². The zero-order valence-electron chi connectivity index (χ0n) is 12.2. The van der Waals surface area contributed by atoms with Gasteiger partial charge in [0.15, 0.2) is 0 Å². The Morgan fingerprint density at radius 2 is 2.16 bits per heavy atom. The third-order valence-corrected chi connectivity index (χ3v) is 3.70. The summed E-state index contributed by atoms with van der Waals surface area (Å²) in [6, 6.07) is 6.53. The molecule has 1 saturated heterocycles. The highest BCUT2D eigenvalue weighted by Gasteiger charge is 2.22. The monoisotopic (exact) mass is 263 g/mol. The standard InChI is InChI=1S/C15H25N3O/c1-4-19-14-8-5-7-13(15(14)16)18-10-6-9-17(3)11-12(18)2/h5,7-8,12H,4,6,9-11,16H2,1-3H3. The number of hydrogen-bond acceptors (Lipinski definition) is 4. The first-order valence-corrected chi connectivity index (χ1v) is 7.10. The maximum absolute atomic E-state index is 6.27. The first-order valence-electron chi connectivity index (χ1n) is 7.10. The lowest BCUT2D eigenvalue weighted by Crippen LogP contribution is -2.38. The summed E-state index contributed by atoms with van der Waals surface area (Å²) in [5.41, 5.74) is 8.14. The van der Waals surface area contributed by atoms with Gasteiger partial charge in [0.2, 0.25) is 0 Å². The molecule has 1 fully saturated rings. The molecule has 1 aliphatic rings. The molecule has 2 rings (SSSR count). The summed E-state index contributed by atoms with van der Waals surface area (Å²) in [4.78, 5) is 4.79. The molecule has 0 aliphatic carbocycles. The molecule has 0 saturated carbocycles. The molecular weight excluding hydrogens is 238 g/mol. The van der Waals surface area contributed by atoms with Crippen molar-refractivity contribution in [3.8, 4) is 5.75 Å². The topological polar surface area (TPSA) is 41.7 Å². The van der Waals surface area contributed by atoms with Gasteiger partial charge in [0, 0.05) is 19.1 Å². The lowest BCUT2D eigenvalue weighted by molar-refractivity contribution is 0.336. The Balaban J connectivity index is 2.27. The maximum Gasteiger partial charge on any atom is 0.144 e. The molecule has 1 aromatic carbocycles. The summed E-state index contributed by atoms with van der Waals surface area (Å²) in [5, 5.41) is 0. The number of hydrogen-bond donors (Lipinski definition) is 1. The minimum atomic E-state index is 0.465. The number of rotatable bonds is 3. The molecule has 0 radical (unpaired) electrons. The number of benzene rings is 1. The van der Waals surface area contributed by atoms with E-state index < -0.39 is 0 Å². The predicted molar refractivity (Wildman–Crippen MR) is 80.9 cm³/mol. The minimum Gasteiger partial charge on any atom is -0.492 e. The van der Waals surface area contributed by atoms with Crippen molar-refractivity contribution in [2.24, 2.45) is 0 Å². The van der Waals surface area contributed by atoms with Gasteiger partial charge in [-0.05, 0) is 46.0 Å². The van der Waals surface area contributed by atoms with Crippen LogP contribution in [0, 0.1) is 0 Å². The van der Waals surface area contributed by atoms with Crippen LogP contribution in [0.25, 0.3) is 0 Å². The Bertz CT molecular complexity index is 422. The molecule has 0 bridgehead atoms. The largest absolute Gasteiger partial charge is 0.492 e. The second kappa shape index (κ2) is 6.15. The fourth-order valence-electron chi connectivity index (χ4n) is 2.79. The van der Waals surface area contributed by atoms with Gasteiger partial charge in [0.1, 0.15) is 5.75 Å². The number of nitrogens with two attached hydrogens (primary N) is 1. The van der Waals surface area contributed by atoms with Gasteiger partial charge in [-0.2, -0.15) is 0 Å². The predicted octanol–water partition coefficient (Wildman–Crippen LogP) is 2.20. The average Bonchev–Trinajstić information content (AvgIpc) is 2.53. The van der Waals surface area contributed by atoms with Gasteiger partial charge in [-0.25, -0.2) is 0 Å². The highest BCUT2D eigenvalue weighted by Crippen LogP contribution is 2.34. The van der Waals surface area contributed by atoms with Crippen LogP contribution >= 0.6 is 0 Å². The van der Waals surface area contributed by atoms with E-state index in [4.69, 9.17) is 10.5 Å². The zero-order chi connectivity index (χ0) is 13.8. The molecule has 1 atom stereocenters. The zero-order valence-corrected chi connectivity index (χ0v) is 12.2. The van der Waals surface area contributed by atoms with Crippen molar-refractivity contribution >= 4 is 11.4 Å². The normalized spacial score (nSPS) is 21.2. The molecule has 19 heavy (non-hydrogen) atoms. The van der Waals surface area contributed by atoms with Crippen molar-refractivity contribution in [1.29, 1.82) is 0 Å². The van der Waals surface area contributed by atoms with Gasteiger partial charge >= 0.3 is 0 Å². The second-order valence-corrected chi connectivity index (χ2v) is 5.28. The molecule has 4 heteroatoms. The smallest absolute Gasteiger partial charge is 0.144 e. The molecule has 2 N–H and O–H groups in total. The summed E-state index contributed by atoms with van der Waals surface area (Å²) in [6.45, 7) is 8.14. The molecule has 1 aromatic rings. The van der Waals surface area contributed by atoms with E-state index in [0.717, 1.165) is 36.8 Å². The van der Waals surface area contributed by atoms with Crippen molar-refractivity contribution in [3.63, 3.8) is 0 Å². The van der Waals surface area contributed by atoms with Crippen LogP contribution in [0.15, 0.2) is 18.2 Å². The van der Waals surface area contributed by atoms with Crippen LogP contribution in [0.4, 0.5) is 11.4 Å². The van der Waals surface area contributed by atoms with E-state index in [2.05, 4.69) is 29.8 Å². The van der Waals surface area contributed by atoms with Crippen LogP contribution < -0.4 is 15.4 Å². The van der Waals surface area contributed by atoms with Gasteiger partial charge in [-0.3, -0.25) is 0 Å². The summed E-state index contributed by atoms with van der Waals surface area (Å²) in [5.74, 6) is 0.796. The molecule has 1 heterocycles. The van der Waals surface area contributed by atoms with E-state index in [1.54, 1.807) is 0 Å². The third kappa shape index (κ3) is 3.13. The van der Waals surface area contributed by atoms with E-state index in [-0.39, 0.29) is 0 Å². The van der Waals surface area contributed by atoms with Crippen molar-refractivity contribution in [3.05, 3.63) is 18.2 Å². The number of nitrogens with zero attached hydrogens (tertiary/aromatic N) is 2. The van der Waals surface area contributed by atoms with Crippen LogP contribution in [0.3, 0.4) is 0 Å². The number of ether oxygens (including phenoxy) is 1. The molecule has 1 aliphatic heterocycles. The van der Waals surface area contributed by atoms with E-state index >= 15 is 0 Å². The van der Waals surface area contributed by atoms with E-state index in [1.165, 1.54) is 6.42 Å². The Kier molecular flexibility index (Phi) is 4.53. The van der Waals surface area contributed by atoms with Crippen molar-refractivity contribution in [1.82, 2.24) is 4.90 Å². The first-order chi connectivity index (χ1) is 9.13. The average molecular weight is 263 g/mol. The Labute approximate surface area is 116 Å². The lowest BCUT2D eigenvalue weighted by Gasteiger charge is -2.31. The van der Waals surface area contributed by atoms with Crippen molar-refractivity contribution in [2.75, 3.05) is 43.9 Å². The number of para-hydroxylation sites is 1. The maximum atomic E-state index is 6.27. The highest BCUT2D eigenvalue weighted by molar-refractivity contribution is 5.74. The number of nitrogen functional groups attached to an aromatic ring is 1. The summed E-state index contributed by atoms with van der Waals surface area (Å²) in [6.07, 6.45) is 1.17. The third-order valence-electron chi connectivity index (χ3n) is 3.70. The molecule has 1 unspecified atom stereocenters. The molecule has 0 aromatic heterocycles. The van der Waals surface area contributed by atoms with Crippen LogP contribution in [0.2, 0.25) is 0 Å². The van der Waals surface area contributed by atoms with Gasteiger partial charge in [0.05, 0.1) is 18.0 Å². The quantitative estimate of drug-likeness (QED) is 0.849. The van der Waals surface area contributed by atoms with Crippen molar-refractivity contribution in [2.45, 2.75) is 26.3 Å². The van der Waals surface area contributed by atoms with Crippen molar-refractivity contribution < 1.29 is 4.74 Å². The molecular formula is C15H25N3O. The van der Waals surface area contributed by atoms with E-state index in [0.29, 0.717) is 12.6 Å².